The van der Waals surface area contributed by atoms with Gasteiger partial charge in [-0.15, -0.1) is 0 Å². The molecule has 27 heavy (non-hydrogen) atoms. The molecule has 2 aromatic rings. The van der Waals surface area contributed by atoms with E-state index in [0.717, 1.165) is 16.3 Å². The van der Waals surface area contributed by atoms with E-state index < -0.39 is 0 Å². The fourth-order valence-electron chi connectivity index (χ4n) is 2.65. The van der Waals surface area contributed by atoms with Gasteiger partial charge in [-0.2, -0.15) is 0 Å². The number of likely N-dealkylation sites (N-methyl/N-ethyl adjacent to an activating group) is 1. The molecule has 2 aromatic carbocycles. The molecule has 0 radical (unpaired) electrons. The third-order valence-corrected chi connectivity index (χ3v) is 5.01. The van der Waals surface area contributed by atoms with Crippen LogP contribution < -0.4 is 4.74 Å². The molecule has 4 nitrogen and oxygen atoms in total. The largest absolute Gasteiger partial charge is 0.489 e. The number of amidine groups is 1. The predicted octanol–water partition coefficient (Wildman–Crippen LogP) is 4.72. The summed E-state index contributed by atoms with van der Waals surface area (Å²) in [5.41, 5.74) is 1.69. The second-order valence-electron chi connectivity index (χ2n) is 5.90. The molecular weight excluding hydrogens is 363 g/mol. The maximum Gasteiger partial charge on any atom is 0.266 e. The van der Waals surface area contributed by atoms with Crippen molar-refractivity contribution < 1.29 is 13.9 Å². The second kappa shape index (κ2) is 8.86. The van der Waals surface area contributed by atoms with E-state index in [1.807, 2.05) is 50.3 Å². The number of thioether (sulfide) groups is 1. The quantitative estimate of drug-likeness (QED) is 0.677. The Hall–Kier alpha value is -2.60. The van der Waals surface area contributed by atoms with Crippen LogP contribution in [0.5, 0.6) is 5.75 Å². The molecule has 0 aromatic heterocycles. The first-order valence-electron chi connectivity index (χ1n) is 8.84. The summed E-state index contributed by atoms with van der Waals surface area (Å²) < 4.78 is 18.9. The number of halogens is 1. The van der Waals surface area contributed by atoms with Crippen LogP contribution in [-0.4, -0.2) is 29.1 Å². The summed E-state index contributed by atoms with van der Waals surface area (Å²) in [6.07, 6.45) is 1.87. The van der Waals surface area contributed by atoms with Gasteiger partial charge in [0, 0.05) is 13.1 Å². The molecule has 1 saturated heterocycles. The number of benzene rings is 2. The monoisotopic (exact) mass is 384 g/mol. The third-order valence-electron chi connectivity index (χ3n) is 3.97. The highest BCUT2D eigenvalue weighted by atomic mass is 32.2. The first-order chi connectivity index (χ1) is 13.1. The first-order valence-corrected chi connectivity index (χ1v) is 9.65. The maximum atomic E-state index is 13.2. The Labute approximate surface area is 162 Å². The van der Waals surface area contributed by atoms with Crippen molar-refractivity contribution in [2.24, 2.45) is 4.99 Å². The van der Waals surface area contributed by atoms with Crippen LogP contribution in [-0.2, 0) is 11.4 Å². The van der Waals surface area contributed by atoms with Crippen LogP contribution in [0.4, 0.5) is 4.39 Å². The normalized spacial score (nSPS) is 17.1. The number of rotatable bonds is 6. The first kappa shape index (κ1) is 19.2. The molecule has 140 valence electrons. The van der Waals surface area contributed by atoms with Gasteiger partial charge in [0.25, 0.3) is 5.91 Å². The molecule has 6 heteroatoms. The summed E-state index contributed by atoms with van der Waals surface area (Å²) >= 11 is 1.40. The van der Waals surface area contributed by atoms with E-state index in [1.54, 1.807) is 11.0 Å². The molecule has 3 rings (SSSR count). The standard InChI is InChI=1S/C21H21FN2O2S/c1-3-23-21-24(4-2)20(25)19(27-21)13-15-8-10-18(11-9-15)26-14-16-6-5-7-17(22)12-16/h5-13H,3-4,14H2,1-2H3/b19-13-,23-21?. The lowest BCUT2D eigenvalue weighted by Gasteiger charge is -2.11. The second-order valence-corrected chi connectivity index (χ2v) is 6.91. The molecule has 0 bridgehead atoms. The van der Waals surface area contributed by atoms with Gasteiger partial charge in [-0.25, -0.2) is 4.39 Å². The van der Waals surface area contributed by atoms with Gasteiger partial charge in [-0.1, -0.05) is 24.3 Å². The predicted molar refractivity (Wildman–Crippen MR) is 108 cm³/mol. The van der Waals surface area contributed by atoms with Crippen LogP contribution in [0.1, 0.15) is 25.0 Å². The molecule has 0 atom stereocenters. The topological polar surface area (TPSA) is 41.9 Å². The average Bonchev–Trinajstić information content (AvgIpc) is 2.96. The van der Waals surface area contributed by atoms with Crippen molar-refractivity contribution in [1.82, 2.24) is 4.90 Å². The van der Waals surface area contributed by atoms with Crippen molar-refractivity contribution in [2.75, 3.05) is 13.1 Å². The van der Waals surface area contributed by atoms with Gasteiger partial charge in [0.15, 0.2) is 5.17 Å². The number of hydrogen-bond acceptors (Lipinski definition) is 4. The summed E-state index contributed by atoms with van der Waals surface area (Å²) in [6, 6.07) is 13.8. The number of amides is 1. The van der Waals surface area contributed by atoms with Crippen LogP contribution in [0.2, 0.25) is 0 Å². The van der Waals surface area contributed by atoms with Gasteiger partial charge >= 0.3 is 0 Å². The Balaban J connectivity index is 1.67. The van der Waals surface area contributed by atoms with Crippen LogP contribution in [0.15, 0.2) is 58.4 Å². The third kappa shape index (κ3) is 4.77. The number of ether oxygens (including phenoxy) is 1. The molecule has 0 spiro atoms. The van der Waals surface area contributed by atoms with E-state index in [2.05, 4.69) is 4.99 Å². The van der Waals surface area contributed by atoms with Crippen molar-refractivity contribution in [3.8, 4) is 5.75 Å². The van der Waals surface area contributed by atoms with Crippen LogP contribution in [0, 0.1) is 5.82 Å². The van der Waals surface area contributed by atoms with Gasteiger partial charge < -0.3 is 4.74 Å². The molecule has 1 amide bonds. The molecule has 1 heterocycles. The van der Waals surface area contributed by atoms with E-state index in [4.69, 9.17) is 4.74 Å². The van der Waals surface area contributed by atoms with Gasteiger partial charge in [-0.3, -0.25) is 14.7 Å². The van der Waals surface area contributed by atoms with Gasteiger partial charge in [0.2, 0.25) is 0 Å². The lowest BCUT2D eigenvalue weighted by Crippen LogP contribution is -2.28. The summed E-state index contributed by atoms with van der Waals surface area (Å²) in [4.78, 5) is 19.2. The smallest absolute Gasteiger partial charge is 0.266 e. The minimum atomic E-state index is -0.274. The van der Waals surface area contributed by atoms with E-state index in [9.17, 15) is 9.18 Å². The fraction of sp³-hybridized carbons (Fsp3) is 0.238. The van der Waals surface area contributed by atoms with E-state index in [-0.39, 0.29) is 11.7 Å². The van der Waals surface area contributed by atoms with Gasteiger partial charge in [0.1, 0.15) is 18.2 Å². The molecule has 1 aliphatic rings. The molecule has 1 fully saturated rings. The minimum absolute atomic E-state index is 0.0128. The number of carbonyl (C=O) groups is 1. The van der Waals surface area contributed by atoms with Crippen molar-refractivity contribution in [2.45, 2.75) is 20.5 Å². The summed E-state index contributed by atoms with van der Waals surface area (Å²) in [5, 5.41) is 0.756. The Morgan fingerprint density at radius 3 is 2.63 bits per heavy atom. The van der Waals surface area contributed by atoms with Crippen LogP contribution in [0.3, 0.4) is 0 Å². The number of aliphatic imine (C=N–C) groups is 1. The maximum absolute atomic E-state index is 13.2. The minimum Gasteiger partial charge on any atom is -0.489 e. The Morgan fingerprint density at radius 1 is 1.19 bits per heavy atom. The zero-order chi connectivity index (χ0) is 19.2. The highest BCUT2D eigenvalue weighted by Crippen LogP contribution is 2.32. The molecule has 1 aliphatic heterocycles. The lowest BCUT2D eigenvalue weighted by molar-refractivity contribution is -0.122. The Bertz CT molecular complexity index is 878. The van der Waals surface area contributed by atoms with Crippen molar-refractivity contribution in [3.63, 3.8) is 0 Å². The average molecular weight is 384 g/mol. The number of hydrogen-bond donors (Lipinski definition) is 0. The van der Waals surface area contributed by atoms with E-state index in [0.29, 0.717) is 30.4 Å². The molecule has 0 saturated carbocycles. The van der Waals surface area contributed by atoms with Crippen molar-refractivity contribution in [3.05, 3.63) is 70.4 Å². The Morgan fingerprint density at radius 2 is 1.96 bits per heavy atom. The summed E-state index contributed by atoms with van der Waals surface area (Å²) in [5.74, 6) is 0.403. The van der Waals surface area contributed by atoms with Crippen molar-refractivity contribution in [1.29, 1.82) is 0 Å². The van der Waals surface area contributed by atoms with Crippen LogP contribution >= 0.6 is 11.8 Å². The van der Waals surface area contributed by atoms with Gasteiger partial charge in [-0.05, 0) is 67.1 Å². The molecule has 0 N–H and O–H groups in total. The lowest BCUT2D eigenvalue weighted by atomic mass is 10.2. The molecular formula is C21H21FN2O2S. The van der Waals surface area contributed by atoms with Gasteiger partial charge in [0.05, 0.1) is 4.91 Å². The molecule has 0 aliphatic carbocycles. The zero-order valence-electron chi connectivity index (χ0n) is 15.3. The highest BCUT2D eigenvalue weighted by molar-refractivity contribution is 8.18. The Kier molecular flexibility index (Phi) is 6.29. The number of nitrogens with zero attached hydrogens (tertiary/aromatic N) is 2. The van der Waals surface area contributed by atoms with Crippen LogP contribution in [0.25, 0.3) is 6.08 Å². The number of carbonyl (C=O) groups excluding carboxylic acids is 1. The zero-order valence-corrected chi connectivity index (χ0v) is 16.1. The molecule has 0 unspecified atom stereocenters. The summed E-state index contributed by atoms with van der Waals surface area (Å²) in [6.45, 7) is 5.45. The SMILES string of the molecule is CCN=C1S/C(=C\c2ccc(OCc3cccc(F)c3)cc2)C(=O)N1CC. The fourth-order valence-corrected chi connectivity index (χ4v) is 3.75. The highest BCUT2D eigenvalue weighted by Gasteiger charge is 2.31. The van der Waals surface area contributed by atoms with Crippen molar-refractivity contribution >= 4 is 28.9 Å². The van der Waals surface area contributed by atoms with E-state index >= 15 is 0 Å². The van der Waals surface area contributed by atoms with E-state index in [1.165, 1.54) is 23.9 Å². The summed E-state index contributed by atoms with van der Waals surface area (Å²) in [7, 11) is 0.